The Kier molecular flexibility index (Phi) is 5.96. The number of nitrogens with zero attached hydrogens (tertiary/aromatic N) is 4. The molecule has 0 N–H and O–H groups in total. The van der Waals surface area contributed by atoms with Crippen LogP contribution in [0.3, 0.4) is 0 Å². The van der Waals surface area contributed by atoms with Crippen molar-refractivity contribution in [1.29, 1.82) is 0 Å². The SMILES string of the molecule is Cc1ccc(OCC(=O)N2CCC3(CC2)C[C@H]3C(=O)N2CCN(c3ccccn3)CC2)cc1. The van der Waals surface area contributed by atoms with E-state index in [1.165, 1.54) is 5.56 Å². The highest BCUT2D eigenvalue weighted by atomic mass is 16.5. The largest absolute Gasteiger partial charge is 0.484 e. The molecule has 1 saturated carbocycles. The first-order valence-electron chi connectivity index (χ1n) is 12.0. The number of pyridine rings is 1. The van der Waals surface area contributed by atoms with Crippen LogP contribution < -0.4 is 9.64 Å². The van der Waals surface area contributed by atoms with E-state index in [2.05, 4.69) is 9.88 Å². The highest BCUT2D eigenvalue weighted by Gasteiger charge is 2.59. The molecule has 3 heterocycles. The molecule has 3 aliphatic rings. The number of benzene rings is 1. The van der Waals surface area contributed by atoms with E-state index in [4.69, 9.17) is 4.74 Å². The molecule has 1 aliphatic carbocycles. The predicted octanol–water partition coefficient (Wildman–Crippen LogP) is 2.75. The molecule has 1 atom stereocenters. The number of piperazine rings is 1. The molecule has 174 valence electrons. The topological polar surface area (TPSA) is 66.0 Å². The van der Waals surface area contributed by atoms with Crippen molar-refractivity contribution in [3.8, 4) is 5.75 Å². The molecule has 0 bridgehead atoms. The summed E-state index contributed by atoms with van der Waals surface area (Å²) < 4.78 is 5.66. The van der Waals surface area contributed by atoms with Crippen molar-refractivity contribution >= 4 is 17.6 Å². The fraction of sp³-hybridized carbons (Fsp3) is 0.500. The zero-order valence-corrected chi connectivity index (χ0v) is 19.3. The smallest absolute Gasteiger partial charge is 0.260 e. The van der Waals surface area contributed by atoms with E-state index >= 15 is 0 Å². The molecule has 0 radical (unpaired) electrons. The minimum Gasteiger partial charge on any atom is -0.484 e. The Morgan fingerprint density at radius 2 is 1.70 bits per heavy atom. The summed E-state index contributed by atoms with van der Waals surface area (Å²) in [5.74, 6) is 2.16. The maximum atomic E-state index is 13.2. The predicted molar refractivity (Wildman–Crippen MR) is 126 cm³/mol. The molecule has 1 spiro atoms. The molecule has 2 aliphatic heterocycles. The van der Waals surface area contributed by atoms with Gasteiger partial charge in [0.15, 0.2) is 6.61 Å². The van der Waals surface area contributed by atoms with Crippen molar-refractivity contribution in [2.24, 2.45) is 11.3 Å². The quantitative estimate of drug-likeness (QED) is 0.704. The van der Waals surface area contributed by atoms with E-state index in [-0.39, 0.29) is 23.8 Å². The number of carbonyl (C=O) groups excluding carboxylic acids is 2. The molecule has 7 heteroatoms. The Bertz CT molecular complexity index is 978. The van der Waals surface area contributed by atoms with Crippen LogP contribution >= 0.6 is 0 Å². The van der Waals surface area contributed by atoms with Gasteiger partial charge in [0.25, 0.3) is 5.91 Å². The van der Waals surface area contributed by atoms with Gasteiger partial charge in [0.05, 0.1) is 0 Å². The van der Waals surface area contributed by atoms with Crippen molar-refractivity contribution in [3.63, 3.8) is 0 Å². The van der Waals surface area contributed by atoms with Crippen LogP contribution in [0.25, 0.3) is 0 Å². The number of piperidine rings is 1. The van der Waals surface area contributed by atoms with E-state index in [0.717, 1.165) is 57.0 Å². The standard InChI is InChI=1S/C26H32N4O3/c1-20-5-7-21(8-6-20)33-19-24(31)29-12-9-26(10-13-29)18-22(26)25(32)30-16-14-28(15-17-30)23-4-2-3-11-27-23/h2-8,11,22H,9-10,12-19H2,1H3/t22-/m0/s1. The van der Waals surface area contributed by atoms with Crippen LogP contribution in [0.1, 0.15) is 24.8 Å². The minimum atomic E-state index is 0.0274. The number of likely N-dealkylation sites (tertiary alicyclic amines) is 1. The summed E-state index contributed by atoms with van der Waals surface area (Å²) in [4.78, 5) is 36.4. The average Bonchev–Trinajstić information content (AvgIpc) is 3.57. The lowest BCUT2D eigenvalue weighted by atomic mass is 9.90. The van der Waals surface area contributed by atoms with Gasteiger partial charge in [-0.1, -0.05) is 23.8 Å². The fourth-order valence-corrected chi connectivity index (χ4v) is 5.24. The Hall–Kier alpha value is -3.09. The summed E-state index contributed by atoms with van der Waals surface area (Å²) in [6, 6.07) is 13.7. The van der Waals surface area contributed by atoms with Gasteiger partial charge in [0.1, 0.15) is 11.6 Å². The van der Waals surface area contributed by atoms with Crippen LogP contribution in [-0.4, -0.2) is 72.5 Å². The van der Waals surface area contributed by atoms with Gasteiger partial charge < -0.3 is 19.4 Å². The number of aryl methyl sites for hydroxylation is 1. The van der Waals surface area contributed by atoms with Gasteiger partial charge in [0, 0.05) is 51.4 Å². The number of carbonyl (C=O) groups is 2. The zero-order valence-electron chi connectivity index (χ0n) is 19.3. The molecule has 2 saturated heterocycles. The molecular weight excluding hydrogens is 416 g/mol. The maximum Gasteiger partial charge on any atom is 0.260 e. The van der Waals surface area contributed by atoms with Gasteiger partial charge in [0.2, 0.25) is 5.91 Å². The minimum absolute atomic E-state index is 0.0274. The number of anilines is 1. The zero-order chi connectivity index (χ0) is 22.8. The molecule has 5 rings (SSSR count). The van der Waals surface area contributed by atoms with Gasteiger partial charge in [-0.15, -0.1) is 0 Å². The first-order chi connectivity index (χ1) is 16.0. The molecule has 1 aromatic carbocycles. The second-order valence-electron chi connectivity index (χ2n) is 9.60. The lowest BCUT2D eigenvalue weighted by Crippen LogP contribution is -2.50. The second kappa shape index (κ2) is 9.04. The first kappa shape index (κ1) is 21.7. The normalized spacial score (nSPS) is 21.7. The Morgan fingerprint density at radius 1 is 0.970 bits per heavy atom. The third-order valence-corrected chi connectivity index (χ3v) is 7.55. The molecule has 2 amide bonds. The van der Waals surface area contributed by atoms with Crippen molar-refractivity contribution in [2.45, 2.75) is 26.2 Å². The molecule has 0 unspecified atom stereocenters. The van der Waals surface area contributed by atoms with E-state index in [0.29, 0.717) is 19.0 Å². The second-order valence-corrected chi connectivity index (χ2v) is 9.60. The van der Waals surface area contributed by atoms with Gasteiger partial charge in [-0.05, 0) is 55.9 Å². The van der Waals surface area contributed by atoms with Crippen LogP contribution in [0.4, 0.5) is 5.82 Å². The van der Waals surface area contributed by atoms with Crippen LogP contribution in [0.5, 0.6) is 5.75 Å². The lowest BCUT2D eigenvalue weighted by Gasteiger charge is -2.37. The van der Waals surface area contributed by atoms with Gasteiger partial charge in [-0.3, -0.25) is 9.59 Å². The van der Waals surface area contributed by atoms with E-state index in [9.17, 15) is 9.59 Å². The van der Waals surface area contributed by atoms with Crippen molar-refractivity contribution < 1.29 is 14.3 Å². The van der Waals surface area contributed by atoms with Gasteiger partial charge >= 0.3 is 0 Å². The average molecular weight is 449 g/mol. The lowest BCUT2D eigenvalue weighted by molar-refractivity contribution is -0.136. The summed E-state index contributed by atoms with van der Waals surface area (Å²) in [5, 5.41) is 0. The summed E-state index contributed by atoms with van der Waals surface area (Å²) in [6.07, 6.45) is 4.60. The Morgan fingerprint density at radius 3 is 2.36 bits per heavy atom. The van der Waals surface area contributed by atoms with Gasteiger partial charge in [-0.25, -0.2) is 4.98 Å². The van der Waals surface area contributed by atoms with Crippen molar-refractivity contribution in [3.05, 3.63) is 54.2 Å². The van der Waals surface area contributed by atoms with E-state index in [1.807, 2.05) is 65.4 Å². The molecular formula is C26H32N4O3. The fourth-order valence-electron chi connectivity index (χ4n) is 5.24. The summed E-state index contributed by atoms with van der Waals surface area (Å²) >= 11 is 0. The van der Waals surface area contributed by atoms with E-state index < -0.39 is 0 Å². The monoisotopic (exact) mass is 448 g/mol. The highest BCUT2D eigenvalue weighted by Crippen LogP contribution is 2.60. The number of aromatic nitrogens is 1. The summed E-state index contributed by atoms with van der Waals surface area (Å²) in [5.41, 5.74) is 1.27. The van der Waals surface area contributed by atoms with Gasteiger partial charge in [-0.2, -0.15) is 0 Å². The number of hydrogen-bond acceptors (Lipinski definition) is 5. The van der Waals surface area contributed by atoms with E-state index in [1.54, 1.807) is 0 Å². The highest BCUT2D eigenvalue weighted by molar-refractivity contribution is 5.83. The Balaban J connectivity index is 1.07. The third-order valence-electron chi connectivity index (χ3n) is 7.55. The number of amides is 2. The molecule has 3 fully saturated rings. The van der Waals surface area contributed by atoms with Crippen molar-refractivity contribution in [1.82, 2.24) is 14.8 Å². The van der Waals surface area contributed by atoms with Crippen LogP contribution in [-0.2, 0) is 9.59 Å². The summed E-state index contributed by atoms with van der Waals surface area (Å²) in [7, 11) is 0. The van der Waals surface area contributed by atoms with Crippen LogP contribution in [0.2, 0.25) is 0 Å². The number of ether oxygens (including phenoxy) is 1. The van der Waals surface area contributed by atoms with Crippen LogP contribution in [0.15, 0.2) is 48.7 Å². The number of hydrogen-bond donors (Lipinski definition) is 0. The third kappa shape index (κ3) is 4.68. The molecule has 7 nitrogen and oxygen atoms in total. The first-order valence-corrected chi connectivity index (χ1v) is 12.0. The van der Waals surface area contributed by atoms with Crippen molar-refractivity contribution in [2.75, 3.05) is 50.8 Å². The summed E-state index contributed by atoms with van der Waals surface area (Å²) in [6.45, 7) is 6.68. The molecule has 1 aromatic heterocycles. The number of rotatable bonds is 5. The molecule has 33 heavy (non-hydrogen) atoms. The van der Waals surface area contributed by atoms with Crippen LogP contribution in [0, 0.1) is 18.3 Å². The maximum absolute atomic E-state index is 13.2. The Labute approximate surface area is 195 Å². The molecule has 2 aromatic rings.